The molecule has 1 fully saturated rings. The molecule has 1 heterocycles. The number of aromatic amines is 1. The van der Waals surface area contributed by atoms with Crippen LogP contribution in [0.5, 0.6) is 0 Å². The van der Waals surface area contributed by atoms with Gasteiger partial charge in [-0.05, 0) is 68.2 Å². The molecule has 26 heavy (non-hydrogen) atoms. The van der Waals surface area contributed by atoms with Gasteiger partial charge in [0.1, 0.15) is 0 Å². The van der Waals surface area contributed by atoms with Crippen molar-refractivity contribution in [3.05, 3.63) is 39.9 Å². The average Bonchev–Trinajstić information content (AvgIpc) is 3.00. The van der Waals surface area contributed by atoms with Crippen LogP contribution in [0.25, 0.3) is 11.5 Å². The summed E-state index contributed by atoms with van der Waals surface area (Å²) in [6.07, 6.45) is 0.341. The minimum absolute atomic E-state index is 0. The van der Waals surface area contributed by atoms with Gasteiger partial charge in [-0.25, -0.2) is 9.89 Å². The Bertz CT molecular complexity index is 780. The Morgan fingerprint density at radius 3 is 2.50 bits per heavy atom. The molecule has 0 atom stereocenters. The predicted molar refractivity (Wildman–Crippen MR) is 93.1 cm³/mol. The van der Waals surface area contributed by atoms with E-state index in [-0.39, 0.29) is 29.9 Å². The molecule has 1 aromatic heterocycles. The molecule has 0 bridgehead atoms. The zero-order chi connectivity index (χ0) is 18.0. The SMILES string of the molecule is Cl.N[C@H]1CC[C@H](CCc2cc(-c3n[nH]c(=O)o3)ccc2C(F)(F)F)CC1. The van der Waals surface area contributed by atoms with Crippen LogP contribution in [0.1, 0.15) is 43.2 Å². The van der Waals surface area contributed by atoms with Crippen molar-refractivity contribution in [2.45, 2.75) is 50.7 Å². The summed E-state index contributed by atoms with van der Waals surface area (Å²) >= 11 is 0. The van der Waals surface area contributed by atoms with Gasteiger partial charge in [0.05, 0.1) is 5.56 Å². The van der Waals surface area contributed by atoms with Crippen molar-refractivity contribution in [1.82, 2.24) is 10.2 Å². The first-order valence-corrected chi connectivity index (χ1v) is 8.34. The van der Waals surface area contributed by atoms with Gasteiger partial charge in [0.15, 0.2) is 0 Å². The maximum absolute atomic E-state index is 13.3. The largest absolute Gasteiger partial charge is 0.434 e. The van der Waals surface area contributed by atoms with Crippen molar-refractivity contribution in [1.29, 1.82) is 0 Å². The van der Waals surface area contributed by atoms with Gasteiger partial charge in [0, 0.05) is 11.6 Å². The van der Waals surface area contributed by atoms with Gasteiger partial charge in [-0.15, -0.1) is 17.5 Å². The molecule has 0 saturated heterocycles. The Kier molecular flexibility index (Phi) is 6.52. The third-order valence-electron chi connectivity index (χ3n) is 4.81. The fraction of sp³-hybridized carbons (Fsp3) is 0.529. The summed E-state index contributed by atoms with van der Waals surface area (Å²) in [5.74, 6) is -0.355. The Labute approximate surface area is 154 Å². The van der Waals surface area contributed by atoms with Crippen molar-refractivity contribution in [2.75, 3.05) is 0 Å². The molecule has 0 spiro atoms. The summed E-state index contributed by atoms with van der Waals surface area (Å²) in [5.41, 5.74) is 5.78. The highest BCUT2D eigenvalue weighted by Crippen LogP contribution is 2.36. The van der Waals surface area contributed by atoms with E-state index in [1.807, 2.05) is 0 Å². The molecule has 144 valence electrons. The van der Waals surface area contributed by atoms with Crippen molar-refractivity contribution < 1.29 is 17.6 Å². The third-order valence-corrected chi connectivity index (χ3v) is 4.81. The van der Waals surface area contributed by atoms with Crippen LogP contribution in [0.3, 0.4) is 0 Å². The monoisotopic (exact) mass is 391 g/mol. The molecule has 9 heteroatoms. The van der Waals surface area contributed by atoms with Crippen LogP contribution in [0.15, 0.2) is 27.4 Å². The van der Waals surface area contributed by atoms with Gasteiger partial charge in [0.25, 0.3) is 0 Å². The van der Waals surface area contributed by atoms with Crippen molar-refractivity contribution in [2.24, 2.45) is 11.7 Å². The standard InChI is InChI=1S/C17H20F3N3O2.ClH/c18-17(19,20)14-8-5-12(15-22-23-16(24)25-15)9-11(14)4-1-10-2-6-13(21)7-3-10;/h5,8-10,13H,1-4,6-7,21H2,(H,23,24);1H/t10-,13-;. The van der Waals surface area contributed by atoms with E-state index in [2.05, 4.69) is 10.2 Å². The number of nitrogens with one attached hydrogen (secondary N) is 1. The van der Waals surface area contributed by atoms with Crippen LogP contribution in [-0.2, 0) is 12.6 Å². The first-order valence-electron chi connectivity index (χ1n) is 8.34. The van der Waals surface area contributed by atoms with E-state index >= 15 is 0 Å². The summed E-state index contributed by atoms with van der Waals surface area (Å²) in [4.78, 5) is 11.1. The average molecular weight is 392 g/mol. The van der Waals surface area contributed by atoms with Crippen LogP contribution in [0.2, 0.25) is 0 Å². The number of benzene rings is 1. The van der Waals surface area contributed by atoms with Crippen molar-refractivity contribution in [3.63, 3.8) is 0 Å². The lowest BCUT2D eigenvalue weighted by atomic mass is 9.82. The summed E-state index contributed by atoms with van der Waals surface area (Å²) in [5, 5.41) is 5.79. The van der Waals surface area contributed by atoms with E-state index in [0.29, 0.717) is 24.3 Å². The van der Waals surface area contributed by atoms with Crippen molar-refractivity contribution in [3.8, 4) is 11.5 Å². The Hall–Kier alpha value is -1.80. The molecule has 0 radical (unpaired) electrons. The smallest absolute Gasteiger partial charge is 0.388 e. The third kappa shape index (κ3) is 4.88. The van der Waals surface area contributed by atoms with Crippen LogP contribution in [0.4, 0.5) is 13.2 Å². The second-order valence-corrected chi connectivity index (χ2v) is 6.61. The molecule has 1 saturated carbocycles. The number of halogens is 4. The molecule has 3 rings (SSSR count). The maximum atomic E-state index is 13.3. The minimum atomic E-state index is -4.42. The number of H-pyrrole nitrogens is 1. The molecule has 1 aliphatic carbocycles. The van der Waals surface area contributed by atoms with Gasteiger partial charge >= 0.3 is 11.9 Å². The first kappa shape index (κ1) is 20.5. The Morgan fingerprint density at radius 2 is 1.92 bits per heavy atom. The highest BCUT2D eigenvalue weighted by Gasteiger charge is 2.33. The number of rotatable bonds is 4. The minimum Gasteiger partial charge on any atom is -0.388 e. The highest BCUT2D eigenvalue weighted by atomic mass is 35.5. The lowest BCUT2D eigenvalue weighted by Gasteiger charge is -2.26. The number of hydrogen-bond acceptors (Lipinski definition) is 4. The van der Waals surface area contributed by atoms with E-state index < -0.39 is 17.5 Å². The second-order valence-electron chi connectivity index (χ2n) is 6.61. The molecular weight excluding hydrogens is 371 g/mol. The Morgan fingerprint density at radius 1 is 1.23 bits per heavy atom. The molecule has 2 aromatic rings. The number of aromatic nitrogens is 2. The number of nitrogens with zero attached hydrogens (tertiary/aromatic N) is 1. The zero-order valence-electron chi connectivity index (χ0n) is 14.0. The maximum Gasteiger partial charge on any atom is 0.434 e. The number of alkyl halides is 3. The van der Waals surface area contributed by atoms with Crippen molar-refractivity contribution >= 4 is 12.4 Å². The predicted octanol–water partition coefficient (Wildman–Crippen LogP) is 3.92. The van der Waals surface area contributed by atoms with Gasteiger partial charge in [-0.3, -0.25) is 0 Å². The van der Waals surface area contributed by atoms with Crippen LogP contribution in [0, 0.1) is 5.92 Å². The summed E-state index contributed by atoms with van der Waals surface area (Å²) in [6, 6.07) is 3.92. The highest BCUT2D eigenvalue weighted by molar-refractivity contribution is 5.85. The summed E-state index contributed by atoms with van der Waals surface area (Å²) in [7, 11) is 0. The Balaban J connectivity index is 0.00000243. The van der Waals surface area contributed by atoms with E-state index in [0.717, 1.165) is 31.7 Å². The quantitative estimate of drug-likeness (QED) is 0.827. The van der Waals surface area contributed by atoms with E-state index in [9.17, 15) is 18.0 Å². The molecule has 1 aromatic carbocycles. The molecule has 5 nitrogen and oxygen atoms in total. The number of nitrogens with two attached hydrogens (primary N) is 1. The van der Waals surface area contributed by atoms with Gasteiger partial charge < -0.3 is 10.2 Å². The summed E-state index contributed by atoms with van der Waals surface area (Å²) < 4.78 is 44.7. The van der Waals surface area contributed by atoms with Gasteiger partial charge in [-0.2, -0.15) is 13.2 Å². The first-order chi connectivity index (χ1) is 11.8. The fourth-order valence-electron chi connectivity index (χ4n) is 3.40. The molecule has 3 N–H and O–H groups in total. The van der Waals surface area contributed by atoms with Gasteiger partial charge in [-0.1, -0.05) is 0 Å². The second kappa shape index (κ2) is 8.26. The van der Waals surface area contributed by atoms with Gasteiger partial charge in [0.2, 0.25) is 5.89 Å². The number of aryl methyl sites for hydroxylation is 1. The number of hydrogen-bond donors (Lipinski definition) is 2. The molecule has 0 aliphatic heterocycles. The van der Waals surface area contributed by atoms with Crippen LogP contribution >= 0.6 is 12.4 Å². The molecule has 1 aliphatic rings. The van der Waals surface area contributed by atoms with Crippen LogP contribution < -0.4 is 11.5 Å². The molecule has 0 unspecified atom stereocenters. The topological polar surface area (TPSA) is 84.9 Å². The lowest BCUT2D eigenvalue weighted by molar-refractivity contribution is -0.138. The lowest BCUT2D eigenvalue weighted by Crippen LogP contribution is -2.26. The summed E-state index contributed by atoms with van der Waals surface area (Å²) in [6.45, 7) is 0. The van der Waals surface area contributed by atoms with E-state index in [1.165, 1.54) is 12.1 Å². The van der Waals surface area contributed by atoms with E-state index in [1.54, 1.807) is 0 Å². The molecule has 0 amide bonds. The fourth-order valence-corrected chi connectivity index (χ4v) is 3.40. The molecular formula is C17H21ClF3N3O2. The zero-order valence-corrected chi connectivity index (χ0v) is 14.8. The van der Waals surface area contributed by atoms with E-state index in [4.69, 9.17) is 10.2 Å². The normalized spacial score (nSPS) is 20.6. The van der Waals surface area contributed by atoms with Crippen LogP contribution in [-0.4, -0.2) is 16.2 Å².